The number of nitrogens with zero attached hydrogens (tertiary/aromatic N) is 1. The minimum absolute atomic E-state index is 0.0115. The van der Waals surface area contributed by atoms with E-state index in [1.54, 1.807) is 12.1 Å². The van der Waals surface area contributed by atoms with Gasteiger partial charge in [-0.25, -0.2) is 4.79 Å². The molecule has 7 nitrogen and oxygen atoms in total. The van der Waals surface area contributed by atoms with Crippen molar-refractivity contribution in [3.8, 4) is 11.5 Å². The van der Waals surface area contributed by atoms with Gasteiger partial charge in [0.25, 0.3) is 5.91 Å². The Kier molecular flexibility index (Phi) is 6.20. The molecule has 2 rings (SSSR count). The van der Waals surface area contributed by atoms with Crippen LogP contribution in [0.2, 0.25) is 0 Å². The first-order chi connectivity index (χ1) is 11.6. The number of hydrogen-bond acceptors (Lipinski definition) is 5. The summed E-state index contributed by atoms with van der Waals surface area (Å²) in [5.41, 5.74) is 0.951. The maximum Gasteiger partial charge on any atom is 0.328 e. The zero-order chi connectivity index (χ0) is 17.5. The van der Waals surface area contributed by atoms with Gasteiger partial charge in [-0.3, -0.25) is 4.79 Å². The number of ether oxygens (including phenoxy) is 3. The first-order valence-electron chi connectivity index (χ1n) is 7.60. The van der Waals surface area contributed by atoms with Gasteiger partial charge in [0.15, 0.2) is 24.1 Å². The largest absolute Gasteiger partial charge is 0.493 e. The van der Waals surface area contributed by atoms with E-state index in [1.807, 2.05) is 25.1 Å². The molecule has 24 heavy (non-hydrogen) atoms. The normalized spacial score (nSPS) is 17.8. The standard InChI is InChI=1S/C17H21NO6/c1-3-4-12-5-6-14(15(9-12)22-2)24-11-16(19)18-7-8-23-10-13(18)17(20)21/h3-6,9,13H,7-8,10-11H2,1-2H3,(H,20,21)/b4-3+. The highest BCUT2D eigenvalue weighted by molar-refractivity contribution is 5.85. The van der Waals surface area contributed by atoms with Crippen LogP contribution in [0.3, 0.4) is 0 Å². The van der Waals surface area contributed by atoms with Crippen LogP contribution in [0, 0.1) is 0 Å². The zero-order valence-corrected chi connectivity index (χ0v) is 13.7. The molecular weight excluding hydrogens is 314 g/mol. The molecule has 1 N–H and O–H groups in total. The quantitative estimate of drug-likeness (QED) is 0.846. The number of morpholine rings is 1. The van der Waals surface area contributed by atoms with Crippen molar-refractivity contribution >= 4 is 18.0 Å². The fourth-order valence-corrected chi connectivity index (χ4v) is 2.43. The molecule has 0 spiro atoms. The van der Waals surface area contributed by atoms with Crippen molar-refractivity contribution in [1.29, 1.82) is 0 Å². The average Bonchev–Trinajstić information content (AvgIpc) is 2.60. The minimum atomic E-state index is -1.09. The Morgan fingerprint density at radius 1 is 1.42 bits per heavy atom. The molecule has 1 unspecified atom stereocenters. The number of rotatable bonds is 6. The van der Waals surface area contributed by atoms with Crippen LogP contribution in [0.15, 0.2) is 24.3 Å². The number of carboxylic acid groups (broad SMARTS) is 1. The monoisotopic (exact) mass is 335 g/mol. The van der Waals surface area contributed by atoms with Crippen molar-refractivity contribution in [2.75, 3.05) is 33.5 Å². The summed E-state index contributed by atoms with van der Waals surface area (Å²) in [6.45, 7) is 2.19. The van der Waals surface area contributed by atoms with Gasteiger partial charge in [-0.1, -0.05) is 18.2 Å². The van der Waals surface area contributed by atoms with Gasteiger partial charge in [-0.15, -0.1) is 0 Å². The summed E-state index contributed by atoms with van der Waals surface area (Å²) < 4.78 is 15.9. The highest BCUT2D eigenvalue weighted by atomic mass is 16.5. The van der Waals surface area contributed by atoms with Gasteiger partial charge in [-0.05, 0) is 24.6 Å². The topological polar surface area (TPSA) is 85.3 Å². The second kappa shape index (κ2) is 8.35. The average molecular weight is 335 g/mol. The SMILES string of the molecule is C/C=C/c1ccc(OCC(=O)N2CCOCC2C(=O)O)c(OC)c1. The Morgan fingerprint density at radius 2 is 2.21 bits per heavy atom. The van der Waals surface area contributed by atoms with Crippen LogP contribution in [-0.4, -0.2) is 61.4 Å². The Labute approximate surface area is 140 Å². The fraction of sp³-hybridized carbons (Fsp3) is 0.412. The number of methoxy groups -OCH3 is 1. The van der Waals surface area contributed by atoms with E-state index in [9.17, 15) is 9.59 Å². The number of carbonyl (C=O) groups excluding carboxylic acids is 1. The first-order valence-corrected chi connectivity index (χ1v) is 7.60. The van der Waals surface area contributed by atoms with Crippen LogP contribution < -0.4 is 9.47 Å². The predicted molar refractivity (Wildman–Crippen MR) is 87.2 cm³/mol. The van der Waals surface area contributed by atoms with Crippen molar-refractivity contribution < 1.29 is 28.9 Å². The van der Waals surface area contributed by atoms with E-state index in [0.717, 1.165) is 5.56 Å². The zero-order valence-electron chi connectivity index (χ0n) is 13.7. The summed E-state index contributed by atoms with van der Waals surface area (Å²) in [5.74, 6) is -0.545. The molecule has 1 heterocycles. The number of benzene rings is 1. The van der Waals surface area contributed by atoms with Gasteiger partial charge in [0.1, 0.15) is 0 Å². The van der Waals surface area contributed by atoms with Crippen molar-refractivity contribution in [2.24, 2.45) is 0 Å². The van der Waals surface area contributed by atoms with Gasteiger partial charge in [0, 0.05) is 6.54 Å². The predicted octanol–water partition coefficient (Wildman–Crippen LogP) is 1.42. The van der Waals surface area contributed by atoms with Crippen LogP contribution in [0.25, 0.3) is 6.08 Å². The molecule has 0 radical (unpaired) electrons. The number of allylic oxidation sites excluding steroid dienone is 1. The lowest BCUT2D eigenvalue weighted by molar-refractivity contribution is -0.159. The molecule has 1 aliphatic heterocycles. The summed E-state index contributed by atoms with van der Waals surface area (Å²) in [7, 11) is 1.52. The van der Waals surface area contributed by atoms with Gasteiger partial charge in [-0.2, -0.15) is 0 Å². The van der Waals surface area contributed by atoms with Crippen molar-refractivity contribution in [3.05, 3.63) is 29.8 Å². The number of amides is 1. The van der Waals surface area contributed by atoms with E-state index in [1.165, 1.54) is 12.0 Å². The number of carbonyl (C=O) groups is 2. The van der Waals surface area contributed by atoms with E-state index in [2.05, 4.69) is 0 Å². The van der Waals surface area contributed by atoms with Crippen LogP contribution in [0.5, 0.6) is 11.5 Å². The molecule has 0 saturated carbocycles. The van der Waals surface area contributed by atoms with Gasteiger partial charge in [0.05, 0.1) is 20.3 Å². The van der Waals surface area contributed by atoms with Crippen molar-refractivity contribution in [2.45, 2.75) is 13.0 Å². The van der Waals surface area contributed by atoms with Crippen LogP contribution in [0.1, 0.15) is 12.5 Å². The third-order valence-electron chi connectivity index (χ3n) is 3.63. The molecule has 7 heteroatoms. The van der Waals surface area contributed by atoms with Crippen LogP contribution >= 0.6 is 0 Å². The van der Waals surface area contributed by atoms with Crippen molar-refractivity contribution in [1.82, 2.24) is 4.90 Å². The highest BCUT2D eigenvalue weighted by Crippen LogP contribution is 2.28. The molecule has 130 valence electrons. The van der Waals surface area contributed by atoms with E-state index in [4.69, 9.17) is 19.3 Å². The number of hydrogen-bond donors (Lipinski definition) is 1. The molecule has 0 aliphatic carbocycles. The Hall–Kier alpha value is -2.54. The van der Waals surface area contributed by atoms with Crippen molar-refractivity contribution in [3.63, 3.8) is 0 Å². The second-order valence-electron chi connectivity index (χ2n) is 5.22. The lowest BCUT2D eigenvalue weighted by Gasteiger charge is -2.32. The molecule has 1 aromatic rings. The summed E-state index contributed by atoms with van der Waals surface area (Å²) in [6.07, 6.45) is 3.83. The first kappa shape index (κ1) is 17.8. The maximum absolute atomic E-state index is 12.3. The van der Waals surface area contributed by atoms with Gasteiger partial charge >= 0.3 is 5.97 Å². The third kappa shape index (κ3) is 4.26. The van der Waals surface area contributed by atoms with E-state index < -0.39 is 17.9 Å². The minimum Gasteiger partial charge on any atom is -0.493 e. The number of carboxylic acids is 1. The lowest BCUT2D eigenvalue weighted by atomic mass is 10.2. The molecule has 1 saturated heterocycles. The van der Waals surface area contributed by atoms with Gasteiger partial charge in [0.2, 0.25) is 0 Å². The summed E-state index contributed by atoms with van der Waals surface area (Å²) in [5, 5.41) is 9.16. The molecule has 1 fully saturated rings. The van der Waals surface area contributed by atoms with E-state index >= 15 is 0 Å². The van der Waals surface area contributed by atoms with Gasteiger partial charge < -0.3 is 24.2 Å². The Morgan fingerprint density at radius 3 is 2.88 bits per heavy atom. The molecular formula is C17H21NO6. The Balaban J connectivity index is 2.04. The van der Waals surface area contributed by atoms with E-state index in [-0.39, 0.29) is 19.8 Å². The molecule has 0 aromatic heterocycles. The second-order valence-corrected chi connectivity index (χ2v) is 5.22. The molecule has 0 bridgehead atoms. The van der Waals surface area contributed by atoms with Crippen LogP contribution in [-0.2, 0) is 14.3 Å². The smallest absolute Gasteiger partial charge is 0.328 e. The fourth-order valence-electron chi connectivity index (χ4n) is 2.43. The molecule has 1 aromatic carbocycles. The van der Waals surface area contributed by atoms with Crippen LogP contribution in [0.4, 0.5) is 0 Å². The Bertz CT molecular complexity index is 628. The summed E-state index contributed by atoms with van der Waals surface area (Å²) in [4.78, 5) is 24.8. The molecule has 1 atom stereocenters. The maximum atomic E-state index is 12.3. The molecule has 1 aliphatic rings. The molecule has 1 amide bonds. The third-order valence-corrected chi connectivity index (χ3v) is 3.63. The number of aliphatic carboxylic acids is 1. The highest BCUT2D eigenvalue weighted by Gasteiger charge is 2.32. The lowest BCUT2D eigenvalue weighted by Crippen LogP contribution is -2.53. The summed E-state index contributed by atoms with van der Waals surface area (Å²) in [6, 6.07) is 4.38. The summed E-state index contributed by atoms with van der Waals surface area (Å²) >= 11 is 0. The van der Waals surface area contributed by atoms with E-state index in [0.29, 0.717) is 18.1 Å².